The Kier molecular flexibility index (Phi) is 5.34. The molecule has 170 valence electrons. The fourth-order valence-corrected chi connectivity index (χ4v) is 4.19. The van der Waals surface area contributed by atoms with Crippen LogP contribution >= 0.6 is 11.6 Å². The van der Waals surface area contributed by atoms with Crippen LogP contribution in [0.4, 0.5) is 5.69 Å². The number of nitrogens with one attached hydrogen (secondary N) is 1. The second-order valence-electron chi connectivity index (χ2n) is 7.40. The summed E-state index contributed by atoms with van der Waals surface area (Å²) in [6, 6.07) is 13.4. The lowest BCUT2D eigenvalue weighted by Crippen LogP contribution is -2.22. The Bertz CT molecular complexity index is 1680. The van der Waals surface area contributed by atoms with Crippen LogP contribution in [0.25, 0.3) is 33.8 Å². The molecule has 0 aliphatic heterocycles. The van der Waals surface area contributed by atoms with E-state index in [0.29, 0.717) is 39.1 Å². The highest BCUT2D eigenvalue weighted by Gasteiger charge is 2.19. The van der Waals surface area contributed by atoms with E-state index in [1.54, 1.807) is 60.9 Å². The van der Waals surface area contributed by atoms with E-state index in [1.165, 1.54) is 21.8 Å². The van der Waals surface area contributed by atoms with E-state index in [0.717, 1.165) is 6.26 Å². The Morgan fingerprint density at radius 3 is 2.41 bits per heavy atom. The number of sulfonamides is 1. The maximum Gasteiger partial charge on any atom is 0.269 e. The topological polar surface area (TPSA) is 125 Å². The molecule has 0 bridgehead atoms. The number of nitrogens with zero attached hydrogens (tertiary/aromatic N) is 6. The van der Waals surface area contributed by atoms with Gasteiger partial charge in [0.1, 0.15) is 11.7 Å². The summed E-state index contributed by atoms with van der Waals surface area (Å²) in [5.74, 6) is 0.313. The van der Waals surface area contributed by atoms with E-state index in [1.807, 2.05) is 0 Å². The minimum atomic E-state index is -3.47. The van der Waals surface area contributed by atoms with Crippen LogP contribution in [0.3, 0.4) is 0 Å². The van der Waals surface area contributed by atoms with Gasteiger partial charge in [-0.1, -0.05) is 17.7 Å². The Morgan fingerprint density at radius 1 is 0.971 bits per heavy atom. The third-order valence-corrected chi connectivity index (χ3v) is 5.76. The standard InChI is InChI=1S/C22H16ClN7O3S/c1-34(32,33)28-16-3-2-4-18(9-16)30-21-19(12-26-30)22(31)29(17-7-5-15(23)6-8-17)20(27-21)14-10-24-13-25-11-14/h2-13,28H,1H3. The zero-order valence-corrected chi connectivity index (χ0v) is 19.2. The van der Waals surface area contributed by atoms with E-state index >= 15 is 0 Å². The first-order valence-corrected chi connectivity index (χ1v) is 12.2. The number of hydrogen-bond acceptors (Lipinski definition) is 7. The minimum Gasteiger partial charge on any atom is -0.284 e. The van der Waals surface area contributed by atoms with Gasteiger partial charge in [-0.15, -0.1) is 0 Å². The molecule has 0 amide bonds. The monoisotopic (exact) mass is 493 g/mol. The van der Waals surface area contributed by atoms with Crippen LogP contribution in [0.15, 0.2) is 78.2 Å². The summed E-state index contributed by atoms with van der Waals surface area (Å²) < 4.78 is 28.6. The molecule has 34 heavy (non-hydrogen) atoms. The molecule has 0 radical (unpaired) electrons. The van der Waals surface area contributed by atoms with E-state index in [4.69, 9.17) is 16.6 Å². The van der Waals surface area contributed by atoms with Crippen molar-refractivity contribution in [2.45, 2.75) is 0 Å². The first kappa shape index (κ1) is 21.7. The summed E-state index contributed by atoms with van der Waals surface area (Å²) in [7, 11) is -3.47. The lowest BCUT2D eigenvalue weighted by Gasteiger charge is -2.13. The lowest BCUT2D eigenvalue weighted by atomic mass is 10.2. The highest BCUT2D eigenvalue weighted by Crippen LogP contribution is 2.24. The smallest absolute Gasteiger partial charge is 0.269 e. The highest BCUT2D eigenvalue weighted by atomic mass is 35.5. The van der Waals surface area contributed by atoms with E-state index < -0.39 is 10.0 Å². The maximum absolute atomic E-state index is 13.6. The number of halogens is 1. The second kappa shape index (κ2) is 8.36. The molecule has 0 saturated heterocycles. The van der Waals surface area contributed by atoms with Crippen molar-refractivity contribution in [2.75, 3.05) is 11.0 Å². The number of benzene rings is 2. The van der Waals surface area contributed by atoms with Crippen molar-refractivity contribution in [3.63, 3.8) is 0 Å². The van der Waals surface area contributed by atoms with Gasteiger partial charge < -0.3 is 0 Å². The first-order valence-electron chi connectivity index (χ1n) is 9.90. The van der Waals surface area contributed by atoms with E-state index in [-0.39, 0.29) is 10.9 Å². The number of hydrogen-bond donors (Lipinski definition) is 1. The summed E-state index contributed by atoms with van der Waals surface area (Å²) in [4.78, 5) is 26.5. The molecule has 0 fully saturated rings. The molecule has 3 heterocycles. The SMILES string of the molecule is CS(=O)(=O)Nc1cccc(-n2ncc3c(=O)n(-c4ccc(Cl)cc4)c(-c4cncnc4)nc32)c1. The predicted molar refractivity (Wildman–Crippen MR) is 129 cm³/mol. The van der Waals surface area contributed by atoms with Crippen LogP contribution in [0.5, 0.6) is 0 Å². The minimum absolute atomic E-state index is 0.275. The third kappa shape index (κ3) is 4.14. The molecular weight excluding hydrogens is 478 g/mol. The van der Waals surface area contributed by atoms with Crippen molar-refractivity contribution in [3.05, 3.63) is 88.8 Å². The maximum atomic E-state index is 13.6. The van der Waals surface area contributed by atoms with Crippen molar-refractivity contribution < 1.29 is 8.42 Å². The summed E-state index contributed by atoms with van der Waals surface area (Å²) in [6.45, 7) is 0. The molecule has 0 saturated carbocycles. The molecule has 5 aromatic rings. The van der Waals surface area contributed by atoms with Crippen LogP contribution in [-0.2, 0) is 10.0 Å². The average Bonchev–Trinajstić information content (AvgIpc) is 3.24. The summed E-state index contributed by atoms with van der Waals surface area (Å²) >= 11 is 6.04. The van der Waals surface area contributed by atoms with Gasteiger partial charge in [-0.2, -0.15) is 5.10 Å². The van der Waals surface area contributed by atoms with Gasteiger partial charge in [0, 0.05) is 17.4 Å². The quantitative estimate of drug-likeness (QED) is 0.399. The van der Waals surface area contributed by atoms with Gasteiger partial charge in [-0.3, -0.25) is 14.1 Å². The first-order chi connectivity index (χ1) is 16.3. The van der Waals surface area contributed by atoms with Crippen molar-refractivity contribution in [1.29, 1.82) is 0 Å². The zero-order valence-electron chi connectivity index (χ0n) is 17.6. The Hall–Kier alpha value is -4.09. The molecule has 10 nitrogen and oxygen atoms in total. The number of aromatic nitrogens is 6. The summed E-state index contributed by atoms with van der Waals surface area (Å²) in [5, 5.41) is 5.17. The molecule has 0 atom stereocenters. The largest absolute Gasteiger partial charge is 0.284 e. The van der Waals surface area contributed by atoms with Crippen LogP contribution in [0.2, 0.25) is 5.02 Å². The van der Waals surface area contributed by atoms with Crippen LogP contribution in [0.1, 0.15) is 0 Å². The molecule has 3 aromatic heterocycles. The van der Waals surface area contributed by atoms with Gasteiger partial charge in [0.05, 0.1) is 35.1 Å². The van der Waals surface area contributed by atoms with Crippen molar-refractivity contribution in [3.8, 4) is 22.8 Å². The molecular formula is C22H16ClN7O3S. The molecule has 1 N–H and O–H groups in total. The lowest BCUT2D eigenvalue weighted by molar-refractivity contribution is 0.607. The molecule has 5 rings (SSSR count). The van der Waals surface area contributed by atoms with Gasteiger partial charge in [-0.05, 0) is 42.5 Å². The van der Waals surface area contributed by atoms with Gasteiger partial charge >= 0.3 is 0 Å². The summed E-state index contributed by atoms with van der Waals surface area (Å²) in [5.41, 5.74) is 1.92. The van der Waals surface area contributed by atoms with E-state index in [2.05, 4.69) is 19.8 Å². The van der Waals surface area contributed by atoms with Gasteiger partial charge in [0.25, 0.3) is 5.56 Å². The predicted octanol–water partition coefficient (Wildman–Crippen LogP) is 3.05. The van der Waals surface area contributed by atoms with Crippen molar-refractivity contribution >= 4 is 38.3 Å². The molecule has 0 spiro atoms. The Morgan fingerprint density at radius 2 is 1.71 bits per heavy atom. The molecule has 12 heteroatoms. The Labute approximate surface area is 198 Å². The Balaban J connectivity index is 1.76. The normalized spacial score (nSPS) is 11.6. The number of anilines is 1. The fraction of sp³-hybridized carbons (Fsp3) is 0.0455. The molecule has 0 aliphatic carbocycles. The van der Waals surface area contributed by atoms with Crippen LogP contribution in [0, 0.1) is 0 Å². The van der Waals surface area contributed by atoms with Gasteiger partial charge in [0.15, 0.2) is 11.5 Å². The van der Waals surface area contributed by atoms with E-state index in [9.17, 15) is 13.2 Å². The van der Waals surface area contributed by atoms with Crippen LogP contribution < -0.4 is 10.3 Å². The average molecular weight is 494 g/mol. The van der Waals surface area contributed by atoms with Crippen LogP contribution in [-0.4, -0.2) is 44.0 Å². The molecule has 0 unspecified atom stereocenters. The molecule has 2 aromatic carbocycles. The van der Waals surface area contributed by atoms with Gasteiger partial charge in [0.2, 0.25) is 10.0 Å². The third-order valence-electron chi connectivity index (χ3n) is 4.90. The number of rotatable bonds is 5. The molecule has 0 aliphatic rings. The number of fused-ring (bicyclic) bond motifs is 1. The second-order valence-corrected chi connectivity index (χ2v) is 9.58. The van der Waals surface area contributed by atoms with Gasteiger partial charge in [-0.25, -0.2) is 28.1 Å². The van der Waals surface area contributed by atoms with Crippen molar-refractivity contribution in [2.24, 2.45) is 0 Å². The highest BCUT2D eigenvalue weighted by molar-refractivity contribution is 7.92. The van der Waals surface area contributed by atoms with Crippen molar-refractivity contribution in [1.82, 2.24) is 29.3 Å². The zero-order chi connectivity index (χ0) is 23.9. The summed E-state index contributed by atoms with van der Waals surface area (Å²) in [6.07, 6.45) is 7.00. The fourth-order valence-electron chi connectivity index (χ4n) is 3.51.